The molecule has 0 fully saturated rings. The fourth-order valence-corrected chi connectivity index (χ4v) is 7.27. The first kappa shape index (κ1) is 27.2. The number of anilines is 3. The number of para-hydroxylation sites is 1. The first-order valence-corrected chi connectivity index (χ1v) is 16.2. The number of benzene rings is 9. The zero-order valence-corrected chi connectivity index (χ0v) is 25.8. The average Bonchev–Trinajstić information content (AvgIpc) is 3.15. The molecule has 0 aromatic heterocycles. The normalized spacial score (nSPS) is 11.4. The number of nitrogens with zero attached hydrogens (tertiary/aromatic N) is 1. The van der Waals surface area contributed by atoms with Crippen LogP contribution in [0.2, 0.25) is 0 Å². The van der Waals surface area contributed by atoms with Gasteiger partial charge in [0.25, 0.3) is 0 Å². The maximum absolute atomic E-state index is 2.39. The van der Waals surface area contributed by atoms with Crippen LogP contribution in [0.25, 0.3) is 65.3 Å². The highest BCUT2D eigenvalue weighted by Crippen LogP contribution is 2.43. The van der Waals surface area contributed by atoms with Gasteiger partial charge in [-0.25, -0.2) is 0 Å². The largest absolute Gasteiger partial charge is 0.310 e. The molecule has 0 spiro atoms. The Morgan fingerprint density at radius 1 is 0.298 bits per heavy atom. The molecule has 9 rings (SSSR count). The fraction of sp³-hybridized carbons (Fsp3) is 0. The second kappa shape index (κ2) is 11.3. The molecular formula is C46H31N. The Labute approximate surface area is 274 Å². The first-order chi connectivity index (χ1) is 23.3. The highest BCUT2D eigenvalue weighted by atomic mass is 15.1. The Morgan fingerprint density at radius 3 is 1.40 bits per heavy atom. The van der Waals surface area contributed by atoms with Crippen molar-refractivity contribution in [3.05, 3.63) is 188 Å². The summed E-state index contributed by atoms with van der Waals surface area (Å²) in [4.78, 5) is 2.36. The second-order valence-electron chi connectivity index (χ2n) is 12.1. The van der Waals surface area contributed by atoms with Gasteiger partial charge in [-0.05, 0) is 102 Å². The van der Waals surface area contributed by atoms with E-state index in [1.807, 2.05) is 0 Å². The van der Waals surface area contributed by atoms with E-state index in [0.29, 0.717) is 0 Å². The molecule has 0 aliphatic rings. The van der Waals surface area contributed by atoms with Crippen LogP contribution in [0, 0.1) is 0 Å². The molecular weight excluding hydrogens is 567 g/mol. The van der Waals surface area contributed by atoms with Crippen molar-refractivity contribution in [2.45, 2.75) is 0 Å². The van der Waals surface area contributed by atoms with Gasteiger partial charge in [0.1, 0.15) is 0 Å². The smallest absolute Gasteiger partial charge is 0.0540 e. The van der Waals surface area contributed by atoms with Crippen molar-refractivity contribution in [3.63, 3.8) is 0 Å². The van der Waals surface area contributed by atoms with E-state index in [1.54, 1.807) is 0 Å². The van der Waals surface area contributed by atoms with Crippen LogP contribution >= 0.6 is 0 Å². The Bertz CT molecular complexity index is 2540. The van der Waals surface area contributed by atoms with E-state index in [1.165, 1.54) is 71.0 Å². The molecule has 0 N–H and O–H groups in total. The molecule has 0 radical (unpaired) electrons. The summed E-state index contributed by atoms with van der Waals surface area (Å²) < 4.78 is 0. The summed E-state index contributed by atoms with van der Waals surface area (Å²) in [7, 11) is 0. The fourth-order valence-electron chi connectivity index (χ4n) is 7.27. The number of rotatable bonds is 5. The quantitative estimate of drug-likeness (QED) is 0.178. The SMILES string of the molecule is c1ccc(-c2cc3cc(-c4ccc(N(c5ccccc5)c5cccc6ccccc56)cc4)c4ccccc4c3c3ccccc23)cc1. The molecule has 0 unspecified atom stereocenters. The summed E-state index contributed by atoms with van der Waals surface area (Å²) in [6.45, 7) is 0. The Kier molecular flexibility index (Phi) is 6.54. The van der Waals surface area contributed by atoms with Crippen LogP contribution in [0.15, 0.2) is 188 Å². The third kappa shape index (κ3) is 4.64. The van der Waals surface area contributed by atoms with Crippen LogP contribution in [0.3, 0.4) is 0 Å². The molecule has 9 aromatic carbocycles. The van der Waals surface area contributed by atoms with E-state index in [9.17, 15) is 0 Å². The summed E-state index contributed by atoms with van der Waals surface area (Å²) in [5.74, 6) is 0. The molecule has 0 atom stereocenters. The molecule has 0 aliphatic carbocycles. The van der Waals surface area contributed by atoms with Gasteiger partial charge < -0.3 is 4.90 Å². The molecule has 9 aromatic rings. The van der Waals surface area contributed by atoms with Crippen LogP contribution in [0.1, 0.15) is 0 Å². The van der Waals surface area contributed by atoms with E-state index in [0.717, 1.165) is 11.4 Å². The lowest BCUT2D eigenvalue weighted by molar-refractivity contribution is 1.30. The van der Waals surface area contributed by atoms with Gasteiger partial charge in [0.2, 0.25) is 0 Å². The predicted molar refractivity (Wildman–Crippen MR) is 202 cm³/mol. The molecule has 0 aliphatic heterocycles. The van der Waals surface area contributed by atoms with Crippen LogP contribution in [-0.4, -0.2) is 0 Å². The van der Waals surface area contributed by atoms with Crippen molar-refractivity contribution in [3.8, 4) is 22.3 Å². The zero-order valence-electron chi connectivity index (χ0n) is 25.8. The molecule has 0 saturated carbocycles. The van der Waals surface area contributed by atoms with Gasteiger partial charge in [-0.15, -0.1) is 0 Å². The zero-order chi connectivity index (χ0) is 31.2. The molecule has 1 nitrogen and oxygen atoms in total. The van der Waals surface area contributed by atoms with Crippen molar-refractivity contribution in [1.82, 2.24) is 0 Å². The monoisotopic (exact) mass is 597 g/mol. The highest BCUT2D eigenvalue weighted by molar-refractivity contribution is 6.25. The molecule has 47 heavy (non-hydrogen) atoms. The van der Waals surface area contributed by atoms with Crippen LogP contribution < -0.4 is 4.90 Å². The van der Waals surface area contributed by atoms with Gasteiger partial charge in [0.15, 0.2) is 0 Å². The highest BCUT2D eigenvalue weighted by Gasteiger charge is 2.17. The molecule has 0 amide bonds. The Hall–Kier alpha value is -6.18. The Balaban J connectivity index is 1.24. The summed E-state index contributed by atoms with van der Waals surface area (Å²) in [6, 6.07) is 68.1. The van der Waals surface area contributed by atoms with Crippen LogP contribution in [-0.2, 0) is 0 Å². The van der Waals surface area contributed by atoms with Gasteiger partial charge >= 0.3 is 0 Å². The third-order valence-electron chi connectivity index (χ3n) is 9.40. The molecule has 0 heterocycles. The minimum atomic E-state index is 1.12. The topological polar surface area (TPSA) is 3.24 Å². The lowest BCUT2D eigenvalue weighted by atomic mass is 9.87. The van der Waals surface area contributed by atoms with Gasteiger partial charge in [-0.1, -0.05) is 146 Å². The van der Waals surface area contributed by atoms with E-state index < -0.39 is 0 Å². The molecule has 0 bridgehead atoms. The average molecular weight is 598 g/mol. The van der Waals surface area contributed by atoms with Crippen molar-refractivity contribution in [2.75, 3.05) is 4.90 Å². The van der Waals surface area contributed by atoms with E-state index >= 15 is 0 Å². The van der Waals surface area contributed by atoms with E-state index in [4.69, 9.17) is 0 Å². The number of hydrogen-bond donors (Lipinski definition) is 0. The van der Waals surface area contributed by atoms with Crippen molar-refractivity contribution < 1.29 is 0 Å². The second-order valence-corrected chi connectivity index (χ2v) is 12.1. The molecule has 0 saturated heterocycles. The van der Waals surface area contributed by atoms with Gasteiger partial charge in [-0.2, -0.15) is 0 Å². The predicted octanol–water partition coefficient (Wildman–Crippen LogP) is 13.1. The summed E-state index contributed by atoms with van der Waals surface area (Å²) >= 11 is 0. The van der Waals surface area contributed by atoms with Gasteiger partial charge in [0.05, 0.1) is 5.69 Å². The summed E-state index contributed by atoms with van der Waals surface area (Å²) in [5.41, 5.74) is 8.36. The van der Waals surface area contributed by atoms with E-state index in [-0.39, 0.29) is 0 Å². The maximum atomic E-state index is 2.39. The van der Waals surface area contributed by atoms with Gasteiger partial charge in [0, 0.05) is 16.8 Å². The van der Waals surface area contributed by atoms with Crippen molar-refractivity contribution >= 4 is 60.2 Å². The first-order valence-electron chi connectivity index (χ1n) is 16.2. The maximum Gasteiger partial charge on any atom is 0.0540 e. The van der Waals surface area contributed by atoms with Crippen LogP contribution in [0.5, 0.6) is 0 Å². The molecule has 1 heteroatoms. The van der Waals surface area contributed by atoms with E-state index in [2.05, 4.69) is 193 Å². The lowest BCUT2D eigenvalue weighted by Crippen LogP contribution is -2.10. The Morgan fingerprint density at radius 2 is 0.766 bits per heavy atom. The lowest BCUT2D eigenvalue weighted by Gasteiger charge is -2.27. The standard InChI is InChI=1S/C46H31N/c1-3-14-33(15-4-1)43-30-35-31-44(40-22-10-12-24-42(40)46(35)41-23-11-9-21-39(41)43)34-26-28-37(29-27-34)47(36-18-5-2-6-19-36)45-25-13-17-32-16-7-8-20-38(32)45/h1-31H. The number of hydrogen-bond acceptors (Lipinski definition) is 1. The van der Waals surface area contributed by atoms with Crippen molar-refractivity contribution in [1.29, 1.82) is 0 Å². The summed E-state index contributed by atoms with van der Waals surface area (Å²) in [6.07, 6.45) is 0. The van der Waals surface area contributed by atoms with Crippen molar-refractivity contribution in [2.24, 2.45) is 0 Å². The minimum absolute atomic E-state index is 1.12. The molecule has 220 valence electrons. The van der Waals surface area contributed by atoms with Crippen LogP contribution in [0.4, 0.5) is 17.1 Å². The third-order valence-corrected chi connectivity index (χ3v) is 9.40. The number of fused-ring (bicyclic) bond motifs is 6. The summed E-state index contributed by atoms with van der Waals surface area (Å²) in [5, 5.41) is 10.1. The minimum Gasteiger partial charge on any atom is -0.310 e. The van der Waals surface area contributed by atoms with Gasteiger partial charge in [-0.3, -0.25) is 0 Å².